The first-order chi connectivity index (χ1) is 11.2. The predicted octanol–water partition coefficient (Wildman–Crippen LogP) is 3.71. The van der Waals surface area contributed by atoms with Crippen molar-refractivity contribution in [1.82, 2.24) is 15.2 Å². The summed E-state index contributed by atoms with van der Waals surface area (Å²) < 4.78 is 13.4. The molecule has 2 aromatic rings. The van der Waals surface area contributed by atoms with Crippen LogP contribution in [0, 0.1) is 11.7 Å². The van der Waals surface area contributed by atoms with E-state index in [1.807, 2.05) is 6.07 Å². The van der Waals surface area contributed by atoms with Gasteiger partial charge in [-0.05, 0) is 18.4 Å². The quantitative estimate of drug-likeness (QED) is 0.804. The van der Waals surface area contributed by atoms with Crippen LogP contribution in [0.25, 0.3) is 0 Å². The van der Waals surface area contributed by atoms with E-state index in [9.17, 15) is 9.18 Å². The number of pyridine rings is 1. The number of anilines is 2. The van der Waals surface area contributed by atoms with E-state index in [-0.39, 0.29) is 5.69 Å². The van der Waals surface area contributed by atoms with Crippen molar-refractivity contribution >= 4 is 17.5 Å². The van der Waals surface area contributed by atoms with Gasteiger partial charge in [-0.3, -0.25) is 15.4 Å². The molecule has 122 valence electrons. The summed E-state index contributed by atoms with van der Waals surface area (Å²) in [6, 6.07) is 2.69. The summed E-state index contributed by atoms with van der Waals surface area (Å²) in [5, 5.41) is 12.1. The van der Waals surface area contributed by atoms with Crippen molar-refractivity contribution in [3.8, 4) is 0 Å². The first-order valence-electron chi connectivity index (χ1n) is 7.92. The van der Waals surface area contributed by atoms with Gasteiger partial charge in [0.15, 0.2) is 11.6 Å². The number of rotatable bonds is 4. The molecule has 1 saturated carbocycles. The maximum Gasteiger partial charge on any atom is 0.324 e. The lowest BCUT2D eigenvalue weighted by molar-refractivity contribution is 0.262. The van der Waals surface area contributed by atoms with Crippen molar-refractivity contribution in [3.63, 3.8) is 0 Å². The number of nitrogens with zero attached hydrogens (tertiary/aromatic N) is 2. The zero-order valence-corrected chi connectivity index (χ0v) is 12.8. The number of aromatic amines is 1. The van der Waals surface area contributed by atoms with Crippen molar-refractivity contribution in [2.45, 2.75) is 38.5 Å². The van der Waals surface area contributed by atoms with Gasteiger partial charge in [-0.25, -0.2) is 9.18 Å². The number of carbonyl (C=O) groups excluding carboxylic acids is 1. The molecule has 1 fully saturated rings. The Balaban J connectivity index is 1.54. The van der Waals surface area contributed by atoms with Crippen LogP contribution in [-0.4, -0.2) is 21.2 Å². The van der Waals surface area contributed by atoms with Crippen LogP contribution in [0.2, 0.25) is 0 Å². The second kappa shape index (κ2) is 7.21. The van der Waals surface area contributed by atoms with Crippen molar-refractivity contribution in [1.29, 1.82) is 0 Å². The van der Waals surface area contributed by atoms with Crippen LogP contribution in [0.4, 0.5) is 20.7 Å². The SMILES string of the molecule is O=C(Nc1cc(CC2CCCCC2)[nH]n1)Nc1ccncc1F. The lowest BCUT2D eigenvalue weighted by Crippen LogP contribution is -2.20. The number of aromatic nitrogens is 3. The molecule has 0 spiro atoms. The van der Waals surface area contributed by atoms with Gasteiger partial charge in [0.25, 0.3) is 0 Å². The highest BCUT2D eigenvalue weighted by molar-refractivity contribution is 5.99. The first-order valence-corrected chi connectivity index (χ1v) is 7.92. The van der Waals surface area contributed by atoms with E-state index in [0.717, 1.165) is 18.3 Å². The van der Waals surface area contributed by atoms with Gasteiger partial charge in [-0.2, -0.15) is 5.10 Å². The Morgan fingerprint density at radius 1 is 1.30 bits per heavy atom. The molecule has 6 nitrogen and oxygen atoms in total. The molecular formula is C16H20FN5O. The summed E-state index contributed by atoms with van der Waals surface area (Å²) in [4.78, 5) is 15.5. The Bertz CT molecular complexity index is 666. The van der Waals surface area contributed by atoms with E-state index in [1.54, 1.807) is 0 Å². The predicted molar refractivity (Wildman–Crippen MR) is 85.7 cm³/mol. The van der Waals surface area contributed by atoms with Crippen LogP contribution in [0.3, 0.4) is 0 Å². The Morgan fingerprint density at radius 3 is 2.91 bits per heavy atom. The normalized spacial score (nSPS) is 15.3. The van der Waals surface area contributed by atoms with Gasteiger partial charge in [-0.1, -0.05) is 32.1 Å². The average molecular weight is 317 g/mol. The number of nitrogens with one attached hydrogen (secondary N) is 3. The van der Waals surface area contributed by atoms with E-state index >= 15 is 0 Å². The number of hydrogen-bond donors (Lipinski definition) is 3. The van der Waals surface area contributed by atoms with Gasteiger partial charge < -0.3 is 5.32 Å². The fourth-order valence-corrected chi connectivity index (χ4v) is 2.98. The Hall–Kier alpha value is -2.44. The summed E-state index contributed by atoms with van der Waals surface area (Å²) in [7, 11) is 0. The molecule has 3 rings (SSSR count). The van der Waals surface area contributed by atoms with E-state index in [1.165, 1.54) is 44.4 Å². The zero-order chi connectivity index (χ0) is 16.1. The van der Waals surface area contributed by atoms with Gasteiger partial charge in [-0.15, -0.1) is 0 Å². The molecule has 0 aliphatic heterocycles. The van der Waals surface area contributed by atoms with E-state index in [4.69, 9.17) is 0 Å². The van der Waals surface area contributed by atoms with Crippen molar-refractivity contribution in [2.24, 2.45) is 5.92 Å². The number of urea groups is 1. The van der Waals surface area contributed by atoms with Gasteiger partial charge >= 0.3 is 6.03 Å². The molecule has 7 heteroatoms. The van der Waals surface area contributed by atoms with Crippen molar-refractivity contribution in [3.05, 3.63) is 36.0 Å². The molecule has 2 aromatic heterocycles. The molecule has 2 amide bonds. The molecule has 3 N–H and O–H groups in total. The minimum atomic E-state index is -0.581. The summed E-state index contributed by atoms with van der Waals surface area (Å²) in [5.74, 6) is 0.544. The summed E-state index contributed by atoms with van der Waals surface area (Å²) in [6.45, 7) is 0. The van der Waals surface area contributed by atoms with E-state index in [0.29, 0.717) is 11.7 Å². The van der Waals surface area contributed by atoms with Crippen LogP contribution >= 0.6 is 0 Å². The van der Waals surface area contributed by atoms with Crippen LogP contribution < -0.4 is 10.6 Å². The fourth-order valence-electron chi connectivity index (χ4n) is 2.98. The van der Waals surface area contributed by atoms with E-state index < -0.39 is 11.8 Å². The third kappa shape index (κ3) is 4.28. The summed E-state index contributed by atoms with van der Waals surface area (Å²) in [5.41, 5.74) is 1.10. The number of H-pyrrole nitrogens is 1. The van der Waals surface area contributed by atoms with Crippen LogP contribution in [0.15, 0.2) is 24.5 Å². The summed E-state index contributed by atoms with van der Waals surface area (Å²) >= 11 is 0. The number of amides is 2. The summed E-state index contributed by atoms with van der Waals surface area (Å²) in [6.07, 6.45) is 9.84. The van der Waals surface area contributed by atoms with Gasteiger partial charge in [0.1, 0.15) is 0 Å². The Kier molecular flexibility index (Phi) is 4.85. The third-order valence-corrected chi connectivity index (χ3v) is 4.13. The third-order valence-electron chi connectivity index (χ3n) is 4.13. The zero-order valence-electron chi connectivity index (χ0n) is 12.8. The smallest absolute Gasteiger partial charge is 0.305 e. The number of hydrogen-bond acceptors (Lipinski definition) is 3. The average Bonchev–Trinajstić information content (AvgIpc) is 2.97. The Morgan fingerprint density at radius 2 is 2.13 bits per heavy atom. The molecular weight excluding hydrogens is 297 g/mol. The standard InChI is InChI=1S/C16H20FN5O/c17-13-10-18-7-6-14(13)19-16(23)20-15-9-12(21-22-15)8-11-4-2-1-3-5-11/h6-7,9-11H,1-5,8H2,(H3,18,19,20,21,22,23). The molecule has 1 aliphatic carbocycles. The molecule has 0 atom stereocenters. The second-order valence-corrected chi connectivity index (χ2v) is 5.92. The fraction of sp³-hybridized carbons (Fsp3) is 0.438. The van der Waals surface area contributed by atoms with Crippen LogP contribution in [0.1, 0.15) is 37.8 Å². The molecule has 1 aliphatic rings. The number of halogens is 1. The lowest BCUT2D eigenvalue weighted by atomic mass is 9.86. The molecule has 0 aromatic carbocycles. The maximum absolute atomic E-state index is 13.4. The van der Waals surface area contributed by atoms with Crippen LogP contribution in [-0.2, 0) is 6.42 Å². The van der Waals surface area contributed by atoms with Gasteiger partial charge in [0, 0.05) is 18.0 Å². The largest absolute Gasteiger partial charge is 0.324 e. The maximum atomic E-state index is 13.4. The molecule has 23 heavy (non-hydrogen) atoms. The molecule has 0 unspecified atom stereocenters. The van der Waals surface area contributed by atoms with Crippen LogP contribution in [0.5, 0.6) is 0 Å². The molecule has 2 heterocycles. The van der Waals surface area contributed by atoms with E-state index in [2.05, 4.69) is 25.8 Å². The van der Waals surface area contributed by atoms with Crippen molar-refractivity contribution in [2.75, 3.05) is 10.6 Å². The second-order valence-electron chi connectivity index (χ2n) is 5.92. The number of carbonyl (C=O) groups is 1. The molecule has 0 radical (unpaired) electrons. The highest BCUT2D eigenvalue weighted by Gasteiger charge is 2.15. The minimum absolute atomic E-state index is 0.0791. The van der Waals surface area contributed by atoms with Crippen molar-refractivity contribution < 1.29 is 9.18 Å². The Labute approximate surface area is 133 Å². The lowest BCUT2D eigenvalue weighted by Gasteiger charge is -2.20. The topological polar surface area (TPSA) is 82.7 Å². The minimum Gasteiger partial charge on any atom is -0.305 e. The van der Waals surface area contributed by atoms with Gasteiger partial charge in [0.2, 0.25) is 0 Å². The highest BCUT2D eigenvalue weighted by atomic mass is 19.1. The highest BCUT2D eigenvalue weighted by Crippen LogP contribution is 2.26. The van der Waals surface area contributed by atoms with Gasteiger partial charge in [0.05, 0.1) is 11.9 Å². The molecule has 0 bridgehead atoms. The first kappa shape index (κ1) is 15.5. The molecule has 0 saturated heterocycles. The monoisotopic (exact) mass is 317 g/mol.